The van der Waals surface area contributed by atoms with E-state index in [0.717, 1.165) is 5.56 Å². The number of methoxy groups -OCH3 is 1. The summed E-state index contributed by atoms with van der Waals surface area (Å²) < 4.78 is 55.1. The molecular weight excluding hydrogens is 515 g/mol. The molecule has 4 rings (SSSR count). The van der Waals surface area contributed by atoms with Gasteiger partial charge in [-0.15, -0.1) is 13.2 Å². The van der Waals surface area contributed by atoms with Crippen molar-refractivity contribution < 1.29 is 42.1 Å². The number of ether oxygens (including phenoxy) is 3. The maximum Gasteiger partial charge on any atom is 0.573 e. The van der Waals surface area contributed by atoms with Crippen LogP contribution < -0.4 is 14.2 Å². The summed E-state index contributed by atoms with van der Waals surface area (Å²) in [6.07, 6.45) is -5.05. The zero-order valence-corrected chi connectivity index (χ0v) is 21.4. The van der Waals surface area contributed by atoms with Crippen LogP contribution in [0.3, 0.4) is 0 Å². The lowest BCUT2D eigenvalue weighted by Gasteiger charge is -2.12. The van der Waals surface area contributed by atoms with Gasteiger partial charge in [0.15, 0.2) is 6.10 Å². The van der Waals surface area contributed by atoms with Gasteiger partial charge in [0.1, 0.15) is 17.2 Å². The Bertz CT molecular complexity index is 1510. The van der Waals surface area contributed by atoms with Crippen molar-refractivity contribution >= 4 is 22.8 Å². The first kappa shape index (κ1) is 27.6. The number of aryl methyl sites for hydroxylation is 2. The van der Waals surface area contributed by atoms with Crippen molar-refractivity contribution in [2.45, 2.75) is 39.2 Å². The van der Waals surface area contributed by atoms with Gasteiger partial charge in [0.25, 0.3) is 5.91 Å². The third-order valence-electron chi connectivity index (χ3n) is 6.30. The minimum Gasteiger partial charge on any atom is -0.497 e. The second-order valence-corrected chi connectivity index (χ2v) is 8.91. The molecule has 0 fully saturated rings. The Kier molecular flexibility index (Phi) is 7.85. The number of nitrogens with zero attached hydrogens (tertiary/aromatic N) is 1. The molecule has 1 heterocycles. The highest BCUT2D eigenvalue weighted by molar-refractivity contribution is 6.04. The van der Waals surface area contributed by atoms with E-state index in [0.29, 0.717) is 52.1 Å². The van der Waals surface area contributed by atoms with E-state index in [4.69, 9.17) is 14.6 Å². The fourth-order valence-corrected chi connectivity index (χ4v) is 4.40. The molecule has 0 unspecified atom stereocenters. The number of aromatic nitrogens is 1. The highest BCUT2D eigenvalue weighted by Gasteiger charge is 2.31. The molecule has 0 radical (unpaired) electrons. The third kappa shape index (κ3) is 6.34. The Balaban J connectivity index is 1.72. The summed E-state index contributed by atoms with van der Waals surface area (Å²) in [7, 11) is 1.52. The number of fused-ring (bicyclic) bond motifs is 1. The molecule has 0 saturated heterocycles. The van der Waals surface area contributed by atoms with Gasteiger partial charge >= 0.3 is 12.3 Å². The number of alkyl halides is 3. The number of hydrogen-bond donors (Lipinski definition) is 1. The van der Waals surface area contributed by atoms with Gasteiger partial charge in [0.2, 0.25) is 0 Å². The molecule has 39 heavy (non-hydrogen) atoms. The number of rotatable bonds is 9. The Morgan fingerprint density at radius 1 is 0.949 bits per heavy atom. The molecule has 0 aliphatic heterocycles. The van der Waals surface area contributed by atoms with Crippen molar-refractivity contribution in [3.63, 3.8) is 0 Å². The fourth-order valence-electron chi connectivity index (χ4n) is 4.40. The molecular formula is C29H26F3NO6. The summed E-state index contributed by atoms with van der Waals surface area (Å²) in [5.41, 5.74) is 2.93. The van der Waals surface area contributed by atoms with Gasteiger partial charge in [0.05, 0.1) is 12.6 Å². The molecule has 3 aromatic carbocycles. The number of benzene rings is 3. The Morgan fingerprint density at radius 2 is 1.64 bits per heavy atom. The predicted molar refractivity (Wildman–Crippen MR) is 138 cm³/mol. The minimum absolute atomic E-state index is 0.339. The second-order valence-electron chi connectivity index (χ2n) is 8.91. The number of carboxylic acid groups (broad SMARTS) is 1. The molecule has 0 aliphatic rings. The summed E-state index contributed by atoms with van der Waals surface area (Å²) in [5, 5.41) is 9.56. The predicted octanol–water partition coefficient (Wildman–Crippen LogP) is 6.18. The summed E-state index contributed by atoms with van der Waals surface area (Å²) in [5.74, 6) is -0.851. The molecule has 0 spiro atoms. The minimum atomic E-state index is -4.86. The maximum atomic E-state index is 13.5. The lowest BCUT2D eigenvalue weighted by atomic mass is 10.0. The SMILES string of the molecule is COc1ccc(C(=O)n2c(C)c(CCc3cccc(O[C@H](C)C(=O)O)c3)c3cc(OC(F)(F)F)ccc32)cc1. The van der Waals surface area contributed by atoms with E-state index < -0.39 is 18.4 Å². The van der Waals surface area contributed by atoms with E-state index >= 15 is 0 Å². The molecule has 0 bridgehead atoms. The molecule has 10 heteroatoms. The van der Waals surface area contributed by atoms with Crippen molar-refractivity contribution in [3.05, 3.63) is 89.1 Å². The molecule has 204 valence electrons. The number of hydrogen-bond acceptors (Lipinski definition) is 5. The van der Waals surface area contributed by atoms with Crippen molar-refractivity contribution in [1.82, 2.24) is 4.57 Å². The quantitative estimate of drug-likeness (QED) is 0.272. The number of carbonyl (C=O) groups is 2. The van der Waals surface area contributed by atoms with Crippen LogP contribution in [0.1, 0.15) is 34.1 Å². The molecule has 4 aromatic rings. The standard InChI is InChI=1S/C29H26F3NO6/c1-17-24(13-7-19-5-4-6-22(15-19)38-18(2)28(35)36)25-16-23(39-29(30,31)32)12-14-26(25)33(17)27(34)20-8-10-21(37-3)11-9-20/h4-6,8-12,14-16,18H,7,13H2,1-3H3,(H,35,36)/t18-/m1/s1. The number of aliphatic carboxylic acids is 1. The Labute approximate surface area is 222 Å². The van der Waals surface area contributed by atoms with Crippen LogP contribution >= 0.6 is 0 Å². The summed E-state index contributed by atoms with van der Waals surface area (Å²) >= 11 is 0. The molecule has 0 aliphatic carbocycles. The van der Waals surface area contributed by atoms with E-state index in [-0.39, 0.29) is 11.7 Å². The normalized spacial score (nSPS) is 12.3. The van der Waals surface area contributed by atoms with E-state index in [2.05, 4.69) is 4.74 Å². The molecule has 1 atom stereocenters. The third-order valence-corrected chi connectivity index (χ3v) is 6.30. The Morgan fingerprint density at radius 3 is 2.28 bits per heavy atom. The zero-order valence-electron chi connectivity index (χ0n) is 21.4. The van der Waals surface area contributed by atoms with Gasteiger partial charge in [0, 0.05) is 16.6 Å². The van der Waals surface area contributed by atoms with E-state index in [1.54, 1.807) is 49.4 Å². The summed E-state index contributed by atoms with van der Waals surface area (Å²) in [6.45, 7) is 3.17. The van der Waals surface area contributed by atoms with Crippen LogP contribution in [-0.4, -0.2) is 41.1 Å². The number of halogens is 3. The van der Waals surface area contributed by atoms with Gasteiger partial charge in [-0.05, 0) is 92.4 Å². The molecule has 0 amide bonds. The summed E-state index contributed by atoms with van der Waals surface area (Å²) in [6, 6.07) is 17.4. The van der Waals surface area contributed by atoms with Crippen LogP contribution in [0.2, 0.25) is 0 Å². The van der Waals surface area contributed by atoms with Crippen LogP contribution in [0, 0.1) is 6.92 Å². The average molecular weight is 542 g/mol. The van der Waals surface area contributed by atoms with E-state index in [1.165, 1.54) is 36.8 Å². The van der Waals surface area contributed by atoms with E-state index in [9.17, 15) is 22.8 Å². The highest BCUT2D eigenvalue weighted by atomic mass is 19.4. The first-order valence-corrected chi connectivity index (χ1v) is 12.0. The van der Waals surface area contributed by atoms with Crippen molar-refractivity contribution in [2.24, 2.45) is 0 Å². The van der Waals surface area contributed by atoms with Crippen molar-refractivity contribution in [3.8, 4) is 17.2 Å². The topological polar surface area (TPSA) is 87.0 Å². The van der Waals surface area contributed by atoms with E-state index in [1.807, 2.05) is 6.07 Å². The summed E-state index contributed by atoms with van der Waals surface area (Å²) in [4.78, 5) is 24.7. The lowest BCUT2D eigenvalue weighted by molar-refractivity contribution is -0.274. The van der Waals surface area contributed by atoms with Crippen LogP contribution in [0.4, 0.5) is 13.2 Å². The Hall–Kier alpha value is -4.47. The van der Waals surface area contributed by atoms with Crippen molar-refractivity contribution in [2.75, 3.05) is 7.11 Å². The van der Waals surface area contributed by atoms with Crippen molar-refractivity contribution in [1.29, 1.82) is 0 Å². The molecule has 1 N–H and O–H groups in total. The van der Waals surface area contributed by atoms with Crippen LogP contribution in [0.5, 0.6) is 17.2 Å². The molecule has 7 nitrogen and oxygen atoms in total. The van der Waals surface area contributed by atoms with Gasteiger partial charge in [-0.1, -0.05) is 12.1 Å². The molecule has 1 aromatic heterocycles. The number of carbonyl (C=O) groups excluding carboxylic acids is 1. The monoisotopic (exact) mass is 541 g/mol. The van der Waals surface area contributed by atoms with Gasteiger partial charge in [-0.2, -0.15) is 0 Å². The van der Waals surface area contributed by atoms with Crippen LogP contribution in [-0.2, 0) is 17.6 Å². The first-order chi connectivity index (χ1) is 18.5. The molecule has 0 saturated carbocycles. The van der Waals surface area contributed by atoms with Gasteiger partial charge in [-0.3, -0.25) is 9.36 Å². The number of carboxylic acids is 1. The largest absolute Gasteiger partial charge is 0.573 e. The van der Waals surface area contributed by atoms with Gasteiger partial charge < -0.3 is 19.3 Å². The second kappa shape index (κ2) is 11.1. The lowest BCUT2D eigenvalue weighted by Crippen LogP contribution is -2.22. The van der Waals surface area contributed by atoms with Crippen LogP contribution in [0.15, 0.2) is 66.7 Å². The average Bonchev–Trinajstić information content (AvgIpc) is 3.16. The van der Waals surface area contributed by atoms with Crippen LogP contribution in [0.25, 0.3) is 10.9 Å². The highest BCUT2D eigenvalue weighted by Crippen LogP contribution is 2.33. The smallest absolute Gasteiger partial charge is 0.497 e. The maximum absolute atomic E-state index is 13.5. The fraction of sp³-hybridized carbons (Fsp3) is 0.241. The first-order valence-electron chi connectivity index (χ1n) is 12.0. The van der Waals surface area contributed by atoms with Gasteiger partial charge in [-0.25, -0.2) is 4.79 Å². The zero-order chi connectivity index (χ0) is 28.3.